The van der Waals surface area contributed by atoms with E-state index in [1.54, 1.807) is 42.5 Å². The Hall–Kier alpha value is -2.18. The van der Waals surface area contributed by atoms with E-state index in [2.05, 4.69) is 5.32 Å². The van der Waals surface area contributed by atoms with Gasteiger partial charge in [-0.2, -0.15) is 4.31 Å². The molecule has 2 aromatic rings. The summed E-state index contributed by atoms with van der Waals surface area (Å²) in [6.45, 7) is 2.47. The summed E-state index contributed by atoms with van der Waals surface area (Å²) in [6.07, 6.45) is 2.10. The van der Waals surface area contributed by atoms with Gasteiger partial charge in [-0.15, -0.1) is 0 Å². The molecule has 132 valence electrons. The second-order valence-electron chi connectivity index (χ2n) is 6.19. The molecule has 6 heteroatoms. The fraction of sp³-hybridized carbons (Fsp3) is 0.316. The molecule has 2 aromatic carbocycles. The lowest BCUT2D eigenvalue weighted by Gasteiger charge is -2.20. The van der Waals surface area contributed by atoms with Crippen LogP contribution < -0.4 is 5.32 Å². The molecule has 0 aliphatic heterocycles. The van der Waals surface area contributed by atoms with Gasteiger partial charge in [0.1, 0.15) is 0 Å². The third kappa shape index (κ3) is 4.27. The monoisotopic (exact) mass is 358 g/mol. The predicted octanol–water partition coefficient (Wildman–Crippen LogP) is 2.79. The summed E-state index contributed by atoms with van der Waals surface area (Å²) in [7, 11) is -3.53. The molecule has 0 unspecified atom stereocenters. The average Bonchev–Trinajstić information content (AvgIpc) is 3.44. The first-order chi connectivity index (χ1) is 12.0. The predicted molar refractivity (Wildman–Crippen MR) is 96.6 cm³/mol. The SMILES string of the molecule is CCN(Cc1ccc(C(=O)NC2CC2)cc1)S(=O)(=O)c1ccccc1. The Kier molecular flexibility index (Phi) is 5.20. The van der Waals surface area contributed by atoms with E-state index < -0.39 is 10.0 Å². The van der Waals surface area contributed by atoms with E-state index in [9.17, 15) is 13.2 Å². The summed E-state index contributed by atoms with van der Waals surface area (Å²) in [6, 6.07) is 15.9. The summed E-state index contributed by atoms with van der Waals surface area (Å²) in [5.74, 6) is -0.0710. The zero-order chi connectivity index (χ0) is 17.9. The molecular weight excluding hydrogens is 336 g/mol. The summed E-state index contributed by atoms with van der Waals surface area (Å²) >= 11 is 0. The number of carbonyl (C=O) groups is 1. The van der Waals surface area contributed by atoms with Crippen LogP contribution in [0.25, 0.3) is 0 Å². The minimum absolute atomic E-state index is 0.0710. The number of nitrogens with one attached hydrogen (secondary N) is 1. The fourth-order valence-electron chi connectivity index (χ4n) is 2.57. The molecule has 1 aliphatic rings. The molecule has 1 aliphatic carbocycles. The van der Waals surface area contributed by atoms with Gasteiger partial charge in [0.15, 0.2) is 0 Å². The Morgan fingerprint density at radius 1 is 1.08 bits per heavy atom. The standard InChI is InChI=1S/C19H22N2O3S/c1-2-21(25(23,24)18-6-4-3-5-7-18)14-15-8-10-16(11-9-15)19(22)20-17-12-13-17/h3-11,17H,2,12-14H2,1H3,(H,20,22). The van der Waals surface area contributed by atoms with Crippen molar-refractivity contribution < 1.29 is 13.2 Å². The van der Waals surface area contributed by atoms with E-state index in [4.69, 9.17) is 0 Å². The van der Waals surface area contributed by atoms with Crippen LogP contribution in [0.4, 0.5) is 0 Å². The van der Waals surface area contributed by atoms with E-state index >= 15 is 0 Å². The third-order valence-corrected chi connectivity index (χ3v) is 6.16. The topological polar surface area (TPSA) is 66.5 Å². The first-order valence-corrected chi connectivity index (χ1v) is 9.89. The Balaban J connectivity index is 1.72. The zero-order valence-electron chi connectivity index (χ0n) is 14.2. The zero-order valence-corrected chi connectivity index (χ0v) is 15.0. The maximum Gasteiger partial charge on any atom is 0.251 e. The third-order valence-electron chi connectivity index (χ3n) is 4.22. The summed E-state index contributed by atoms with van der Waals surface area (Å²) in [4.78, 5) is 12.3. The quantitative estimate of drug-likeness (QED) is 0.828. The number of carbonyl (C=O) groups excluding carboxylic acids is 1. The lowest BCUT2D eigenvalue weighted by Crippen LogP contribution is -2.30. The number of benzene rings is 2. The highest BCUT2D eigenvalue weighted by Crippen LogP contribution is 2.20. The molecule has 0 atom stereocenters. The smallest absolute Gasteiger partial charge is 0.251 e. The van der Waals surface area contributed by atoms with Gasteiger partial charge >= 0.3 is 0 Å². The van der Waals surface area contributed by atoms with Crippen molar-refractivity contribution in [1.29, 1.82) is 0 Å². The molecule has 0 heterocycles. The Bertz CT molecular complexity index is 829. The number of hydrogen-bond acceptors (Lipinski definition) is 3. The lowest BCUT2D eigenvalue weighted by atomic mass is 10.1. The molecule has 1 saturated carbocycles. The average molecular weight is 358 g/mol. The van der Waals surface area contributed by atoms with E-state index in [0.717, 1.165) is 18.4 Å². The van der Waals surface area contributed by atoms with Gasteiger partial charge in [-0.3, -0.25) is 4.79 Å². The highest BCUT2D eigenvalue weighted by molar-refractivity contribution is 7.89. The van der Waals surface area contributed by atoms with Crippen molar-refractivity contribution in [2.24, 2.45) is 0 Å². The summed E-state index contributed by atoms with van der Waals surface area (Å²) < 4.78 is 26.9. The van der Waals surface area contributed by atoms with Crippen molar-refractivity contribution in [3.8, 4) is 0 Å². The van der Waals surface area contributed by atoms with Crippen LogP contribution in [0.5, 0.6) is 0 Å². The van der Waals surface area contributed by atoms with Gasteiger partial charge in [-0.1, -0.05) is 37.3 Å². The van der Waals surface area contributed by atoms with Gasteiger partial charge in [0.2, 0.25) is 10.0 Å². The Labute approximate surface area is 148 Å². The molecule has 0 radical (unpaired) electrons. The molecule has 0 bridgehead atoms. The van der Waals surface area contributed by atoms with Gasteiger partial charge in [0.05, 0.1) is 4.90 Å². The van der Waals surface area contributed by atoms with E-state index in [1.807, 2.05) is 19.1 Å². The van der Waals surface area contributed by atoms with Crippen LogP contribution in [0.3, 0.4) is 0 Å². The van der Waals surface area contributed by atoms with Crippen LogP contribution in [-0.4, -0.2) is 31.2 Å². The van der Waals surface area contributed by atoms with E-state index in [1.165, 1.54) is 4.31 Å². The number of hydrogen-bond donors (Lipinski definition) is 1. The largest absolute Gasteiger partial charge is 0.349 e. The van der Waals surface area contributed by atoms with Crippen molar-refractivity contribution in [2.45, 2.75) is 37.2 Å². The van der Waals surface area contributed by atoms with Crippen LogP contribution in [0, 0.1) is 0 Å². The van der Waals surface area contributed by atoms with Gasteiger partial charge in [0, 0.05) is 24.7 Å². The van der Waals surface area contributed by atoms with Crippen molar-refractivity contribution in [2.75, 3.05) is 6.54 Å². The van der Waals surface area contributed by atoms with Crippen molar-refractivity contribution in [1.82, 2.24) is 9.62 Å². The molecule has 0 spiro atoms. The van der Waals surface area contributed by atoms with Gasteiger partial charge in [0.25, 0.3) is 5.91 Å². The second kappa shape index (κ2) is 7.37. The molecular formula is C19H22N2O3S. The number of sulfonamides is 1. The van der Waals surface area contributed by atoms with Gasteiger partial charge in [-0.05, 0) is 42.7 Å². The number of nitrogens with zero attached hydrogens (tertiary/aromatic N) is 1. The fourth-order valence-corrected chi connectivity index (χ4v) is 4.03. The van der Waals surface area contributed by atoms with Crippen molar-refractivity contribution >= 4 is 15.9 Å². The van der Waals surface area contributed by atoms with Crippen molar-refractivity contribution in [3.05, 3.63) is 65.7 Å². The highest BCUT2D eigenvalue weighted by Gasteiger charge is 2.24. The van der Waals surface area contributed by atoms with Crippen LogP contribution in [0.2, 0.25) is 0 Å². The molecule has 1 amide bonds. The first kappa shape index (κ1) is 17.6. The Morgan fingerprint density at radius 2 is 1.72 bits per heavy atom. The molecule has 5 nitrogen and oxygen atoms in total. The van der Waals surface area contributed by atoms with Gasteiger partial charge < -0.3 is 5.32 Å². The number of rotatable bonds is 7. The maximum absolute atomic E-state index is 12.7. The summed E-state index contributed by atoms with van der Waals surface area (Å²) in [5.41, 5.74) is 1.45. The van der Waals surface area contributed by atoms with E-state index in [0.29, 0.717) is 18.2 Å². The van der Waals surface area contributed by atoms with Crippen molar-refractivity contribution in [3.63, 3.8) is 0 Å². The van der Waals surface area contributed by atoms with Gasteiger partial charge in [-0.25, -0.2) is 8.42 Å². The normalized spacial score (nSPS) is 14.5. The molecule has 25 heavy (non-hydrogen) atoms. The van der Waals surface area contributed by atoms with Crippen LogP contribution in [0.1, 0.15) is 35.7 Å². The molecule has 0 aromatic heterocycles. The minimum Gasteiger partial charge on any atom is -0.349 e. The maximum atomic E-state index is 12.7. The van der Waals surface area contributed by atoms with Crippen LogP contribution in [-0.2, 0) is 16.6 Å². The second-order valence-corrected chi connectivity index (χ2v) is 8.13. The molecule has 3 rings (SSSR count). The molecule has 0 saturated heterocycles. The highest BCUT2D eigenvalue weighted by atomic mass is 32.2. The number of amides is 1. The van der Waals surface area contributed by atoms with Crippen LogP contribution >= 0.6 is 0 Å². The molecule has 1 N–H and O–H groups in total. The summed E-state index contributed by atoms with van der Waals surface area (Å²) in [5, 5.41) is 2.94. The van der Waals surface area contributed by atoms with Crippen LogP contribution in [0.15, 0.2) is 59.5 Å². The first-order valence-electron chi connectivity index (χ1n) is 8.45. The Morgan fingerprint density at radius 3 is 2.28 bits per heavy atom. The van der Waals surface area contributed by atoms with E-state index in [-0.39, 0.29) is 17.3 Å². The molecule has 1 fully saturated rings. The lowest BCUT2D eigenvalue weighted by molar-refractivity contribution is 0.0951. The minimum atomic E-state index is -3.53.